The molecule has 5 heteroatoms. The number of fused-ring (bicyclic) bond motifs is 1. The number of rotatable bonds is 5. The number of aromatic nitrogens is 1. The molecule has 4 aromatic carbocycles. The summed E-state index contributed by atoms with van der Waals surface area (Å²) in [6.07, 6.45) is 1.97. The fourth-order valence-corrected chi connectivity index (χ4v) is 5.96. The Kier molecular flexibility index (Phi) is 7.06. The summed E-state index contributed by atoms with van der Waals surface area (Å²) in [6.45, 7) is 0. The molecule has 0 atom stereocenters. The topological polar surface area (TPSA) is 12.9 Å². The monoisotopic (exact) mass is 673 g/mol. The molecule has 0 saturated heterocycles. The third kappa shape index (κ3) is 4.85. The maximum Gasteiger partial charge on any atom is 0.0702 e. The number of hydrogen-bond donors (Lipinski definition) is 0. The first-order chi connectivity index (χ1) is 15.7. The zero-order chi connectivity index (χ0) is 21.9. The van der Waals surface area contributed by atoms with Crippen LogP contribution >= 0.6 is 60.3 Å². The highest BCUT2D eigenvalue weighted by molar-refractivity contribution is 14.2. The van der Waals surface area contributed by atoms with Crippen LogP contribution in [0.2, 0.25) is 0 Å². The van der Waals surface area contributed by atoms with Crippen molar-refractivity contribution in [3.63, 3.8) is 0 Å². The van der Waals surface area contributed by atoms with Crippen LogP contribution in [-0.4, -0.2) is 4.98 Å². The molecule has 0 aliphatic carbocycles. The molecule has 5 aromatic rings. The van der Waals surface area contributed by atoms with Gasteiger partial charge in [-0.05, 0) is 69.9 Å². The Morgan fingerprint density at radius 1 is 0.469 bits per heavy atom. The standard InChI is InChI=1S/C27H17I2NS2/c28-31-25-10-5-18(6-11-25)20-1-2-22-16-23(4-3-21(22)15-20)24-9-14-27(30-17-24)19-7-12-26(32-29)13-8-19/h1-17H. The molecule has 0 spiro atoms. The van der Waals surface area contributed by atoms with Gasteiger partial charge in [0.2, 0.25) is 0 Å². The van der Waals surface area contributed by atoms with Crippen molar-refractivity contribution in [3.05, 3.63) is 103 Å². The van der Waals surface area contributed by atoms with Crippen LogP contribution in [0.25, 0.3) is 44.3 Å². The van der Waals surface area contributed by atoms with Gasteiger partial charge in [0.15, 0.2) is 0 Å². The Morgan fingerprint density at radius 2 is 0.938 bits per heavy atom. The lowest BCUT2D eigenvalue weighted by atomic mass is 9.98. The summed E-state index contributed by atoms with van der Waals surface area (Å²) in [4.78, 5) is 7.24. The van der Waals surface area contributed by atoms with E-state index in [2.05, 4.69) is 139 Å². The Morgan fingerprint density at radius 3 is 1.44 bits per heavy atom. The summed E-state index contributed by atoms with van der Waals surface area (Å²) in [6, 6.07) is 34.9. The van der Waals surface area contributed by atoms with Crippen LogP contribution < -0.4 is 0 Å². The highest BCUT2D eigenvalue weighted by Gasteiger charge is 2.05. The van der Waals surface area contributed by atoms with E-state index in [0.717, 1.165) is 16.8 Å². The van der Waals surface area contributed by atoms with Gasteiger partial charge in [0.05, 0.1) is 5.69 Å². The lowest BCUT2D eigenvalue weighted by molar-refractivity contribution is 1.32. The summed E-state index contributed by atoms with van der Waals surface area (Å²) in [5, 5.41) is 2.48. The van der Waals surface area contributed by atoms with E-state index in [9.17, 15) is 0 Å². The van der Waals surface area contributed by atoms with E-state index < -0.39 is 0 Å². The fraction of sp³-hybridized carbons (Fsp3) is 0. The smallest absolute Gasteiger partial charge is 0.0702 e. The largest absolute Gasteiger partial charge is 0.256 e. The van der Waals surface area contributed by atoms with Gasteiger partial charge in [-0.15, -0.1) is 0 Å². The van der Waals surface area contributed by atoms with Crippen molar-refractivity contribution < 1.29 is 0 Å². The van der Waals surface area contributed by atoms with Gasteiger partial charge in [-0.3, -0.25) is 4.98 Å². The predicted octanol–water partition coefficient (Wildman–Crippen LogP) is 10.1. The minimum absolute atomic E-state index is 0.996. The summed E-state index contributed by atoms with van der Waals surface area (Å²) in [5.41, 5.74) is 6.94. The quantitative estimate of drug-likeness (QED) is 0.173. The molecule has 0 aliphatic rings. The van der Waals surface area contributed by atoms with Crippen molar-refractivity contribution >= 4 is 71.0 Å². The molecule has 0 saturated carbocycles. The third-order valence-electron chi connectivity index (χ3n) is 5.45. The third-order valence-corrected chi connectivity index (χ3v) is 9.40. The normalized spacial score (nSPS) is 11.1. The van der Waals surface area contributed by atoms with E-state index in [0.29, 0.717) is 0 Å². The molecular formula is C27H17I2NS2. The van der Waals surface area contributed by atoms with Crippen LogP contribution in [0, 0.1) is 0 Å². The molecule has 0 radical (unpaired) electrons. The van der Waals surface area contributed by atoms with Crippen molar-refractivity contribution in [2.75, 3.05) is 0 Å². The minimum atomic E-state index is 0.996. The van der Waals surface area contributed by atoms with Crippen molar-refractivity contribution in [2.45, 2.75) is 9.79 Å². The number of nitrogens with zero attached hydrogens (tertiary/aromatic N) is 1. The highest BCUT2D eigenvalue weighted by Crippen LogP contribution is 2.32. The number of benzene rings is 4. The van der Waals surface area contributed by atoms with Crippen molar-refractivity contribution in [1.82, 2.24) is 4.98 Å². The molecule has 0 amide bonds. The zero-order valence-corrected chi connectivity index (χ0v) is 22.8. The van der Waals surface area contributed by atoms with Crippen LogP contribution in [0.3, 0.4) is 0 Å². The Balaban J connectivity index is 1.41. The summed E-state index contributed by atoms with van der Waals surface area (Å²) in [5.74, 6) is 0. The van der Waals surface area contributed by atoms with Gasteiger partial charge in [-0.25, -0.2) is 0 Å². The fourth-order valence-electron chi connectivity index (χ4n) is 3.72. The molecule has 1 heterocycles. The van der Waals surface area contributed by atoms with Crippen molar-refractivity contribution in [1.29, 1.82) is 0 Å². The second-order valence-electron chi connectivity index (χ2n) is 7.41. The summed E-state index contributed by atoms with van der Waals surface area (Å²) >= 11 is 4.62. The maximum atomic E-state index is 4.72. The van der Waals surface area contributed by atoms with Crippen LogP contribution in [0.1, 0.15) is 0 Å². The number of halogens is 2. The van der Waals surface area contributed by atoms with E-state index in [1.54, 1.807) is 17.9 Å². The van der Waals surface area contributed by atoms with Gasteiger partial charge < -0.3 is 0 Å². The Hall–Kier alpha value is -1.55. The number of pyridine rings is 1. The van der Waals surface area contributed by atoms with Crippen molar-refractivity contribution in [3.8, 4) is 33.5 Å². The highest BCUT2D eigenvalue weighted by atomic mass is 127. The second-order valence-corrected chi connectivity index (χ2v) is 11.3. The molecule has 156 valence electrons. The average molecular weight is 673 g/mol. The van der Waals surface area contributed by atoms with Gasteiger partial charge in [-0.2, -0.15) is 0 Å². The molecule has 0 bridgehead atoms. The predicted molar refractivity (Wildman–Crippen MR) is 158 cm³/mol. The van der Waals surface area contributed by atoms with E-state index in [-0.39, 0.29) is 0 Å². The lowest BCUT2D eigenvalue weighted by Crippen LogP contribution is -1.86. The van der Waals surface area contributed by atoms with E-state index in [4.69, 9.17) is 4.98 Å². The molecule has 1 aromatic heterocycles. The molecule has 5 rings (SSSR count). The SMILES string of the molecule is ISc1ccc(-c2ccc3cc(-c4ccc(-c5ccc(SI)cc5)nc4)ccc3c2)cc1. The minimum Gasteiger partial charge on any atom is -0.256 e. The molecule has 0 N–H and O–H groups in total. The maximum absolute atomic E-state index is 4.72. The molecule has 0 unspecified atom stereocenters. The summed E-state index contributed by atoms with van der Waals surface area (Å²) in [7, 11) is 3.46. The summed E-state index contributed by atoms with van der Waals surface area (Å²) < 4.78 is 0. The van der Waals surface area contributed by atoms with Crippen LogP contribution in [0.4, 0.5) is 0 Å². The Labute approximate surface area is 220 Å². The van der Waals surface area contributed by atoms with Gasteiger partial charge in [-0.1, -0.05) is 72.5 Å². The van der Waals surface area contributed by atoms with Crippen LogP contribution in [0.15, 0.2) is 113 Å². The van der Waals surface area contributed by atoms with E-state index in [1.807, 2.05) is 6.20 Å². The molecule has 1 nitrogen and oxygen atoms in total. The second kappa shape index (κ2) is 10.2. The first-order valence-electron chi connectivity index (χ1n) is 10.0. The zero-order valence-electron chi connectivity index (χ0n) is 16.8. The first-order valence-corrected chi connectivity index (χ1v) is 16.7. The van der Waals surface area contributed by atoms with Gasteiger partial charge in [0, 0.05) is 69.5 Å². The van der Waals surface area contributed by atoms with Gasteiger partial charge in [0.1, 0.15) is 0 Å². The van der Waals surface area contributed by atoms with Crippen LogP contribution in [-0.2, 0) is 0 Å². The van der Waals surface area contributed by atoms with E-state index >= 15 is 0 Å². The molecular weight excluding hydrogens is 656 g/mol. The van der Waals surface area contributed by atoms with Crippen molar-refractivity contribution in [2.24, 2.45) is 0 Å². The Bertz CT molecular complexity index is 1370. The van der Waals surface area contributed by atoms with Crippen LogP contribution in [0.5, 0.6) is 0 Å². The molecule has 0 fully saturated rings. The van der Waals surface area contributed by atoms with Gasteiger partial charge >= 0.3 is 0 Å². The molecule has 32 heavy (non-hydrogen) atoms. The van der Waals surface area contributed by atoms with E-state index in [1.165, 1.54) is 37.3 Å². The molecule has 0 aliphatic heterocycles. The average Bonchev–Trinajstić information content (AvgIpc) is 2.88. The lowest BCUT2D eigenvalue weighted by Gasteiger charge is -2.08. The van der Waals surface area contributed by atoms with Gasteiger partial charge in [0.25, 0.3) is 0 Å². The number of hydrogen-bond acceptors (Lipinski definition) is 3. The first kappa shape index (κ1) is 22.3.